The molecule has 1 atom stereocenters. The third-order valence-corrected chi connectivity index (χ3v) is 3.16. The number of hydrogen-bond acceptors (Lipinski definition) is 2. The van der Waals surface area contributed by atoms with Gasteiger partial charge in [0.25, 0.3) is 0 Å². The van der Waals surface area contributed by atoms with Crippen LogP contribution in [-0.4, -0.2) is 7.11 Å². The van der Waals surface area contributed by atoms with Gasteiger partial charge in [-0.15, -0.1) is 0 Å². The van der Waals surface area contributed by atoms with Crippen molar-refractivity contribution >= 4 is 23.2 Å². The van der Waals surface area contributed by atoms with E-state index in [4.69, 9.17) is 33.7 Å². The second-order valence-corrected chi connectivity index (χ2v) is 4.56. The Kier molecular flexibility index (Phi) is 3.87. The van der Waals surface area contributed by atoms with Gasteiger partial charge in [-0.2, -0.15) is 0 Å². The van der Waals surface area contributed by atoms with Crippen LogP contribution in [0.3, 0.4) is 0 Å². The van der Waals surface area contributed by atoms with Gasteiger partial charge < -0.3 is 10.5 Å². The van der Waals surface area contributed by atoms with E-state index in [2.05, 4.69) is 0 Å². The van der Waals surface area contributed by atoms with Crippen LogP contribution in [0.25, 0.3) is 0 Å². The van der Waals surface area contributed by atoms with Gasteiger partial charge in [-0.1, -0.05) is 30.1 Å². The maximum absolute atomic E-state index is 6.11. The minimum absolute atomic E-state index is 0.417. The summed E-state index contributed by atoms with van der Waals surface area (Å²) in [6.45, 7) is 3.97. The molecule has 1 unspecified atom stereocenters. The molecule has 0 aromatic heterocycles. The molecule has 0 aliphatic heterocycles. The Morgan fingerprint density at radius 1 is 1.33 bits per heavy atom. The maximum atomic E-state index is 6.11. The normalized spacial score (nSPS) is 14.8. The number of methoxy groups -OCH3 is 1. The minimum Gasteiger partial charge on any atom is -0.494 e. The molecule has 0 spiro atoms. The predicted octanol–water partition coefficient (Wildman–Crippen LogP) is 3.59. The zero-order chi connectivity index (χ0) is 11.6. The first-order valence-electron chi connectivity index (χ1n) is 4.74. The first-order valence-corrected chi connectivity index (χ1v) is 5.50. The predicted molar refractivity (Wildman–Crippen MR) is 64.8 cm³/mol. The SMILES string of the molecule is CCC(C)(N)c1cc(Cl)c(OC)c(Cl)c1. The van der Waals surface area contributed by atoms with Crippen LogP contribution in [0.15, 0.2) is 12.1 Å². The molecule has 0 amide bonds. The molecule has 84 valence electrons. The van der Waals surface area contributed by atoms with E-state index in [-0.39, 0.29) is 0 Å². The molecule has 0 fully saturated rings. The van der Waals surface area contributed by atoms with Gasteiger partial charge in [0, 0.05) is 5.54 Å². The molecule has 1 rings (SSSR count). The Hall–Kier alpha value is -0.440. The lowest BCUT2D eigenvalue weighted by atomic mass is 9.90. The quantitative estimate of drug-likeness (QED) is 0.887. The van der Waals surface area contributed by atoms with Crippen molar-refractivity contribution in [3.63, 3.8) is 0 Å². The standard InChI is InChI=1S/C11H15Cl2NO/c1-4-11(2,14)7-5-8(12)10(15-3)9(13)6-7/h5-6H,4,14H2,1-3H3. The van der Waals surface area contributed by atoms with Crippen LogP contribution in [0.1, 0.15) is 25.8 Å². The molecule has 2 N–H and O–H groups in total. The third kappa shape index (κ3) is 2.57. The van der Waals surface area contributed by atoms with Gasteiger partial charge in [0.1, 0.15) is 0 Å². The number of rotatable bonds is 3. The minimum atomic E-state index is -0.417. The van der Waals surface area contributed by atoms with E-state index in [1.807, 2.05) is 13.8 Å². The van der Waals surface area contributed by atoms with Crippen LogP contribution in [0.4, 0.5) is 0 Å². The van der Waals surface area contributed by atoms with Gasteiger partial charge >= 0.3 is 0 Å². The Morgan fingerprint density at radius 3 is 2.13 bits per heavy atom. The van der Waals surface area contributed by atoms with Crippen LogP contribution in [-0.2, 0) is 5.54 Å². The molecular weight excluding hydrogens is 233 g/mol. The fraction of sp³-hybridized carbons (Fsp3) is 0.455. The third-order valence-electron chi connectivity index (χ3n) is 2.60. The zero-order valence-corrected chi connectivity index (χ0v) is 10.6. The van der Waals surface area contributed by atoms with Gasteiger partial charge in [-0.05, 0) is 31.0 Å². The molecule has 1 aromatic carbocycles. The van der Waals surface area contributed by atoms with E-state index >= 15 is 0 Å². The maximum Gasteiger partial charge on any atom is 0.156 e. The van der Waals surface area contributed by atoms with Crippen molar-refractivity contribution in [3.8, 4) is 5.75 Å². The fourth-order valence-electron chi connectivity index (χ4n) is 1.29. The van der Waals surface area contributed by atoms with Crippen molar-refractivity contribution in [2.45, 2.75) is 25.8 Å². The van der Waals surface area contributed by atoms with E-state index < -0.39 is 5.54 Å². The number of halogens is 2. The van der Waals surface area contributed by atoms with Crippen molar-refractivity contribution in [2.75, 3.05) is 7.11 Å². The van der Waals surface area contributed by atoms with Crippen LogP contribution < -0.4 is 10.5 Å². The first kappa shape index (κ1) is 12.6. The summed E-state index contributed by atoms with van der Waals surface area (Å²) in [6, 6.07) is 3.60. The fourth-order valence-corrected chi connectivity index (χ4v) is 1.93. The summed E-state index contributed by atoms with van der Waals surface area (Å²) in [4.78, 5) is 0. The monoisotopic (exact) mass is 247 g/mol. The highest BCUT2D eigenvalue weighted by atomic mass is 35.5. The van der Waals surface area contributed by atoms with E-state index in [0.29, 0.717) is 15.8 Å². The van der Waals surface area contributed by atoms with E-state index in [0.717, 1.165) is 12.0 Å². The second kappa shape index (κ2) is 4.60. The Labute approximate surface area is 100 Å². The smallest absolute Gasteiger partial charge is 0.156 e. The van der Waals surface area contributed by atoms with E-state index in [1.54, 1.807) is 12.1 Å². The summed E-state index contributed by atoms with van der Waals surface area (Å²) in [6.07, 6.45) is 0.811. The van der Waals surface area contributed by atoms with Gasteiger partial charge in [-0.3, -0.25) is 0 Å². The highest BCUT2D eigenvalue weighted by molar-refractivity contribution is 6.37. The van der Waals surface area contributed by atoms with Crippen molar-refractivity contribution in [2.24, 2.45) is 5.73 Å². The zero-order valence-electron chi connectivity index (χ0n) is 9.10. The Morgan fingerprint density at radius 2 is 1.80 bits per heavy atom. The molecule has 0 aliphatic carbocycles. The van der Waals surface area contributed by atoms with Crippen molar-refractivity contribution in [1.82, 2.24) is 0 Å². The van der Waals surface area contributed by atoms with Crippen molar-refractivity contribution < 1.29 is 4.74 Å². The summed E-state index contributed by atoms with van der Waals surface area (Å²) in [5.74, 6) is 0.494. The van der Waals surface area contributed by atoms with Gasteiger partial charge in [-0.25, -0.2) is 0 Å². The van der Waals surface area contributed by atoms with Gasteiger partial charge in [0.15, 0.2) is 5.75 Å². The Bertz CT molecular complexity index is 341. The molecule has 0 saturated carbocycles. The molecule has 0 aliphatic rings. The number of ether oxygens (including phenoxy) is 1. The van der Waals surface area contributed by atoms with Crippen LogP contribution in [0, 0.1) is 0 Å². The molecule has 4 heteroatoms. The van der Waals surface area contributed by atoms with Crippen LogP contribution in [0.5, 0.6) is 5.75 Å². The van der Waals surface area contributed by atoms with Gasteiger partial charge in [0.05, 0.1) is 17.2 Å². The molecule has 0 heterocycles. The average molecular weight is 248 g/mol. The molecule has 15 heavy (non-hydrogen) atoms. The lowest BCUT2D eigenvalue weighted by molar-refractivity contribution is 0.413. The summed E-state index contributed by atoms with van der Waals surface area (Å²) in [5, 5.41) is 0.982. The summed E-state index contributed by atoms with van der Waals surface area (Å²) in [5.41, 5.74) is 6.61. The highest BCUT2D eigenvalue weighted by Gasteiger charge is 2.21. The van der Waals surface area contributed by atoms with Crippen molar-refractivity contribution in [1.29, 1.82) is 0 Å². The lowest BCUT2D eigenvalue weighted by Gasteiger charge is -2.24. The largest absolute Gasteiger partial charge is 0.494 e. The topological polar surface area (TPSA) is 35.2 Å². The summed E-state index contributed by atoms with van der Waals surface area (Å²) >= 11 is 12.1. The first-order chi connectivity index (χ1) is 6.92. The van der Waals surface area contributed by atoms with Gasteiger partial charge in [0.2, 0.25) is 0 Å². The average Bonchev–Trinajstić information content (AvgIpc) is 2.17. The van der Waals surface area contributed by atoms with E-state index in [1.165, 1.54) is 7.11 Å². The molecule has 0 radical (unpaired) electrons. The molecule has 1 aromatic rings. The molecular formula is C11H15Cl2NO. The molecule has 0 saturated heterocycles. The summed E-state index contributed by atoms with van der Waals surface area (Å²) in [7, 11) is 1.54. The summed E-state index contributed by atoms with van der Waals surface area (Å²) < 4.78 is 5.07. The number of nitrogens with two attached hydrogens (primary N) is 1. The Balaban J connectivity index is 3.26. The van der Waals surface area contributed by atoms with Crippen LogP contribution in [0.2, 0.25) is 10.0 Å². The van der Waals surface area contributed by atoms with E-state index in [9.17, 15) is 0 Å². The highest BCUT2D eigenvalue weighted by Crippen LogP contribution is 2.36. The van der Waals surface area contributed by atoms with Crippen LogP contribution >= 0.6 is 23.2 Å². The van der Waals surface area contributed by atoms with Crippen molar-refractivity contribution in [3.05, 3.63) is 27.7 Å². The second-order valence-electron chi connectivity index (χ2n) is 3.74. The number of hydrogen-bond donors (Lipinski definition) is 1. The molecule has 0 bridgehead atoms. The number of benzene rings is 1. The molecule has 2 nitrogen and oxygen atoms in total. The lowest BCUT2D eigenvalue weighted by Crippen LogP contribution is -2.31.